The van der Waals surface area contributed by atoms with Crippen LogP contribution in [-0.4, -0.2) is 39.1 Å². The second-order valence-electron chi connectivity index (χ2n) is 9.27. The Hall–Kier alpha value is -2.24. The van der Waals surface area contributed by atoms with E-state index in [1.54, 1.807) is 32.4 Å². The van der Waals surface area contributed by atoms with Gasteiger partial charge in [0.1, 0.15) is 0 Å². The van der Waals surface area contributed by atoms with Crippen molar-refractivity contribution < 1.29 is 19.1 Å². The Bertz CT molecular complexity index is 741. The van der Waals surface area contributed by atoms with Crippen molar-refractivity contribution in [2.45, 2.75) is 44.9 Å². The summed E-state index contributed by atoms with van der Waals surface area (Å²) in [5.74, 6) is 3.61. The molecule has 6 heteroatoms. The maximum Gasteiger partial charge on any atom is 0.251 e. The van der Waals surface area contributed by atoms with Gasteiger partial charge in [0.2, 0.25) is 5.91 Å². The summed E-state index contributed by atoms with van der Waals surface area (Å²) in [6.45, 7) is 0.851. The van der Waals surface area contributed by atoms with Crippen LogP contribution in [0.25, 0.3) is 0 Å². The fraction of sp³-hybridized carbons (Fsp3) is 0.652. The highest BCUT2D eigenvalue weighted by atomic mass is 16.5. The minimum atomic E-state index is -0.193. The quantitative estimate of drug-likeness (QED) is 0.657. The number of amides is 2. The van der Waals surface area contributed by atoms with Crippen LogP contribution in [0.5, 0.6) is 11.5 Å². The van der Waals surface area contributed by atoms with Crippen LogP contribution >= 0.6 is 0 Å². The molecule has 2 N–H and O–H groups in total. The monoisotopic (exact) mass is 400 g/mol. The lowest BCUT2D eigenvalue weighted by Crippen LogP contribution is -2.48. The van der Waals surface area contributed by atoms with E-state index in [1.165, 1.54) is 38.5 Å². The third-order valence-electron chi connectivity index (χ3n) is 7.08. The van der Waals surface area contributed by atoms with Crippen LogP contribution in [0.1, 0.15) is 55.3 Å². The van der Waals surface area contributed by atoms with E-state index in [9.17, 15) is 9.59 Å². The molecule has 0 radical (unpaired) electrons. The van der Waals surface area contributed by atoms with Crippen molar-refractivity contribution >= 4 is 11.8 Å². The minimum Gasteiger partial charge on any atom is -0.493 e. The van der Waals surface area contributed by atoms with Gasteiger partial charge in [-0.25, -0.2) is 0 Å². The number of hydrogen-bond acceptors (Lipinski definition) is 4. The van der Waals surface area contributed by atoms with Crippen LogP contribution in [0.15, 0.2) is 18.2 Å². The Balaban J connectivity index is 1.22. The van der Waals surface area contributed by atoms with E-state index in [0.29, 0.717) is 36.6 Å². The molecule has 0 aromatic heterocycles. The van der Waals surface area contributed by atoms with Crippen molar-refractivity contribution in [3.05, 3.63) is 23.8 Å². The highest BCUT2D eigenvalue weighted by Crippen LogP contribution is 2.61. The summed E-state index contributed by atoms with van der Waals surface area (Å²) in [6.07, 6.45) is 8.54. The number of benzene rings is 1. The molecule has 0 saturated heterocycles. The van der Waals surface area contributed by atoms with E-state index in [1.807, 2.05) is 0 Å². The molecule has 4 aliphatic rings. The summed E-state index contributed by atoms with van der Waals surface area (Å²) in [4.78, 5) is 24.9. The minimum absolute atomic E-state index is 0.132. The highest BCUT2D eigenvalue weighted by Gasteiger charge is 2.51. The smallest absolute Gasteiger partial charge is 0.251 e. The first-order valence-electron chi connectivity index (χ1n) is 10.8. The molecule has 4 aliphatic carbocycles. The highest BCUT2D eigenvalue weighted by molar-refractivity contribution is 5.94. The van der Waals surface area contributed by atoms with E-state index in [4.69, 9.17) is 9.47 Å². The maximum atomic E-state index is 12.5. The molecule has 1 aromatic carbocycles. The molecule has 0 atom stereocenters. The van der Waals surface area contributed by atoms with Crippen LogP contribution < -0.4 is 20.1 Å². The lowest BCUT2D eigenvalue weighted by atomic mass is 9.49. The first-order chi connectivity index (χ1) is 14.0. The van der Waals surface area contributed by atoms with Crippen molar-refractivity contribution in [3.8, 4) is 11.5 Å². The second kappa shape index (κ2) is 8.25. The Kier molecular flexibility index (Phi) is 5.70. The van der Waals surface area contributed by atoms with Gasteiger partial charge in [0, 0.05) is 25.1 Å². The SMILES string of the molecule is COc1ccc(C(=O)NCCNC(=O)CC23CC4CC(CC(C4)C2)C3)cc1OC. The number of nitrogens with one attached hydrogen (secondary N) is 2. The molecular formula is C23H32N2O4. The van der Waals surface area contributed by atoms with Crippen molar-refractivity contribution in [2.24, 2.45) is 23.2 Å². The van der Waals surface area contributed by atoms with Crippen LogP contribution in [0.2, 0.25) is 0 Å². The average Bonchev–Trinajstić information content (AvgIpc) is 2.69. The van der Waals surface area contributed by atoms with Gasteiger partial charge in [-0.05, 0) is 79.9 Å². The fourth-order valence-corrected chi connectivity index (χ4v) is 6.37. The number of ether oxygens (including phenoxy) is 2. The summed E-state index contributed by atoms with van der Waals surface area (Å²) in [6, 6.07) is 5.06. The molecule has 0 unspecified atom stereocenters. The van der Waals surface area contributed by atoms with Gasteiger partial charge in [-0.3, -0.25) is 9.59 Å². The predicted molar refractivity (Wildman–Crippen MR) is 110 cm³/mol. The Morgan fingerprint density at radius 2 is 1.52 bits per heavy atom. The number of hydrogen-bond donors (Lipinski definition) is 2. The molecule has 1 aromatic rings. The van der Waals surface area contributed by atoms with Gasteiger partial charge in [0.05, 0.1) is 14.2 Å². The van der Waals surface area contributed by atoms with Gasteiger partial charge in [-0.2, -0.15) is 0 Å². The molecule has 5 rings (SSSR count). The largest absolute Gasteiger partial charge is 0.493 e. The molecular weight excluding hydrogens is 368 g/mol. The normalized spacial score (nSPS) is 29.4. The van der Waals surface area contributed by atoms with Crippen LogP contribution in [-0.2, 0) is 4.79 Å². The maximum absolute atomic E-state index is 12.5. The zero-order valence-electron chi connectivity index (χ0n) is 17.5. The van der Waals surface area contributed by atoms with Crippen LogP contribution in [0, 0.1) is 23.2 Å². The van der Waals surface area contributed by atoms with Crippen molar-refractivity contribution in [2.75, 3.05) is 27.3 Å². The van der Waals surface area contributed by atoms with Crippen molar-refractivity contribution in [1.82, 2.24) is 10.6 Å². The second-order valence-corrected chi connectivity index (χ2v) is 9.27. The summed E-state index contributed by atoms with van der Waals surface area (Å²) in [7, 11) is 3.10. The molecule has 0 aliphatic heterocycles. The lowest BCUT2D eigenvalue weighted by molar-refractivity contribution is -0.129. The molecule has 4 fully saturated rings. The Morgan fingerprint density at radius 3 is 2.10 bits per heavy atom. The molecule has 6 nitrogen and oxygen atoms in total. The predicted octanol–water partition coefficient (Wildman–Crippen LogP) is 3.16. The van der Waals surface area contributed by atoms with E-state index >= 15 is 0 Å². The lowest BCUT2D eigenvalue weighted by Gasteiger charge is -2.56. The summed E-state index contributed by atoms with van der Waals surface area (Å²) < 4.78 is 10.4. The van der Waals surface area contributed by atoms with E-state index in [2.05, 4.69) is 10.6 Å². The molecule has 29 heavy (non-hydrogen) atoms. The third-order valence-corrected chi connectivity index (χ3v) is 7.08. The zero-order valence-corrected chi connectivity index (χ0v) is 17.5. The summed E-state index contributed by atoms with van der Waals surface area (Å²) in [5, 5.41) is 5.86. The average molecular weight is 401 g/mol. The number of rotatable bonds is 8. The van der Waals surface area contributed by atoms with E-state index < -0.39 is 0 Å². The summed E-state index contributed by atoms with van der Waals surface area (Å²) in [5.41, 5.74) is 0.754. The molecule has 0 spiro atoms. The molecule has 2 amide bonds. The first-order valence-corrected chi connectivity index (χ1v) is 10.8. The van der Waals surface area contributed by atoms with Crippen LogP contribution in [0.4, 0.5) is 0 Å². The zero-order chi connectivity index (χ0) is 20.4. The van der Waals surface area contributed by atoms with Crippen molar-refractivity contribution in [1.29, 1.82) is 0 Å². The number of carbonyl (C=O) groups is 2. The number of carbonyl (C=O) groups excluding carboxylic acids is 2. The Labute approximate surface area is 172 Å². The summed E-state index contributed by atoms with van der Waals surface area (Å²) >= 11 is 0. The Morgan fingerprint density at radius 1 is 0.931 bits per heavy atom. The molecule has 158 valence electrons. The molecule has 0 heterocycles. The van der Waals surface area contributed by atoms with Gasteiger partial charge in [-0.15, -0.1) is 0 Å². The van der Waals surface area contributed by atoms with Crippen LogP contribution in [0.3, 0.4) is 0 Å². The van der Waals surface area contributed by atoms with E-state index in [0.717, 1.165) is 17.8 Å². The number of methoxy groups -OCH3 is 2. The van der Waals surface area contributed by atoms with Gasteiger partial charge >= 0.3 is 0 Å². The van der Waals surface area contributed by atoms with Gasteiger partial charge < -0.3 is 20.1 Å². The van der Waals surface area contributed by atoms with Gasteiger partial charge in [0.15, 0.2) is 11.5 Å². The van der Waals surface area contributed by atoms with Gasteiger partial charge in [0.25, 0.3) is 5.91 Å². The molecule has 4 bridgehead atoms. The topological polar surface area (TPSA) is 76.7 Å². The first kappa shape index (κ1) is 20.0. The van der Waals surface area contributed by atoms with E-state index in [-0.39, 0.29) is 17.2 Å². The van der Waals surface area contributed by atoms with Crippen molar-refractivity contribution in [3.63, 3.8) is 0 Å². The standard InChI is InChI=1S/C23H32N2O4/c1-28-19-4-3-18(10-20(19)29-2)22(27)25-6-5-24-21(26)14-23-11-15-7-16(12-23)9-17(8-15)13-23/h3-4,10,15-17H,5-9,11-14H2,1-2H3,(H,24,26)(H,25,27). The van der Waals surface area contributed by atoms with Gasteiger partial charge in [-0.1, -0.05) is 0 Å². The fourth-order valence-electron chi connectivity index (χ4n) is 6.37. The third kappa shape index (κ3) is 4.36. The molecule has 4 saturated carbocycles.